The average Bonchev–Trinajstić information content (AvgIpc) is 2.39. The van der Waals surface area contributed by atoms with Gasteiger partial charge in [0.25, 0.3) is 0 Å². The lowest BCUT2D eigenvalue weighted by atomic mass is 10.0. The molecule has 2 heterocycles. The Morgan fingerprint density at radius 1 is 1.41 bits per heavy atom. The van der Waals surface area contributed by atoms with Gasteiger partial charge in [0.2, 0.25) is 0 Å². The van der Waals surface area contributed by atoms with Gasteiger partial charge in [0.1, 0.15) is 5.82 Å². The van der Waals surface area contributed by atoms with Crippen LogP contribution in [-0.4, -0.2) is 48.1 Å². The Hall–Kier alpha value is -1.20. The maximum atomic E-state index is 5.59. The van der Waals surface area contributed by atoms with Gasteiger partial charge in [-0.15, -0.1) is 0 Å². The van der Waals surface area contributed by atoms with Crippen molar-refractivity contribution in [2.24, 2.45) is 5.73 Å². The number of anilines is 1. The molecule has 0 atom stereocenters. The molecule has 1 aromatic heterocycles. The van der Waals surface area contributed by atoms with Crippen LogP contribution in [0.15, 0.2) is 12.4 Å². The fourth-order valence-corrected chi connectivity index (χ4v) is 2.23. The van der Waals surface area contributed by atoms with E-state index in [-0.39, 0.29) is 0 Å². The molecular formula is C12H21N5. The minimum absolute atomic E-state index is 0.447. The van der Waals surface area contributed by atoms with Gasteiger partial charge in [-0.25, -0.2) is 4.98 Å². The summed E-state index contributed by atoms with van der Waals surface area (Å²) < 4.78 is 0. The van der Waals surface area contributed by atoms with Gasteiger partial charge in [-0.05, 0) is 33.0 Å². The maximum Gasteiger partial charge on any atom is 0.147 e. The lowest BCUT2D eigenvalue weighted by Crippen LogP contribution is -2.42. The summed E-state index contributed by atoms with van der Waals surface area (Å²) in [7, 11) is 4.27. The van der Waals surface area contributed by atoms with Crippen LogP contribution in [0.4, 0.5) is 5.82 Å². The Morgan fingerprint density at radius 2 is 2.12 bits per heavy atom. The molecule has 0 aliphatic carbocycles. The van der Waals surface area contributed by atoms with Gasteiger partial charge in [0, 0.05) is 25.8 Å². The zero-order chi connectivity index (χ0) is 12.3. The summed E-state index contributed by atoms with van der Waals surface area (Å²) in [6.45, 7) is 2.75. The molecule has 1 saturated heterocycles. The predicted molar refractivity (Wildman–Crippen MR) is 68.8 cm³/mol. The molecule has 1 aromatic rings. The molecule has 1 aliphatic rings. The summed E-state index contributed by atoms with van der Waals surface area (Å²) in [6, 6.07) is 0.563. The first kappa shape index (κ1) is 12.3. The fraction of sp³-hybridized carbons (Fsp3) is 0.667. The molecule has 5 nitrogen and oxygen atoms in total. The minimum Gasteiger partial charge on any atom is -0.355 e. The van der Waals surface area contributed by atoms with Crippen LogP contribution in [0.5, 0.6) is 0 Å². The predicted octanol–water partition coefficient (Wildman–Crippen LogP) is 0.466. The lowest BCUT2D eigenvalue weighted by Gasteiger charge is -2.35. The summed E-state index contributed by atoms with van der Waals surface area (Å²) in [4.78, 5) is 13.3. The average molecular weight is 235 g/mol. The van der Waals surface area contributed by atoms with Crippen LogP contribution in [0.3, 0.4) is 0 Å². The number of likely N-dealkylation sites (tertiary alicyclic amines) is 1. The Bertz CT molecular complexity index is 360. The third-order valence-electron chi connectivity index (χ3n) is 3.48. The van der Waals surface area contributed by atoms with Gasteiger partial charge < -0.3 is 15.5 Å². The van der Waals surface area contributed by atoms with Crippen LogP contribution in [0.1, 0.15) is 18.5 Å². The van der Waals surface area contributed by atoms with Gasteiger partial charge >= 0.3 is 0 Å². The van der Waals surface area contributed by atoms with E-state index >= 15 is 0 Å². The first-order valence-electron chi connectivity index (χ1n) is 6.13. The van der Waals surface area contributed by atoms with Crippen molar-refractivity contribution in [1.29, 1.82) is 0 Å². The number of hydrogen-bond donors (Lipinski definition) is 1. The quantitative estimate of drug-likeness (QED) is 0.825. The van der Waals surface area contributed by atoms with Crippen molar-refractivity contribution in [2.45, 2.75) is 25.4 Å². The van der Waals surface area contributed by atoms with E-state index in [1.165, 1.54) is 12.8 Å². The van der Waals surface area contributed by atoms with Crippen molar-refractivity contribution in [3.05, 3.63) is 18.1 Å². The summed E-state index contributed by atoms with van der Waals surface area (Å²) in [5.41, 5.74) is 6.44. The van der Waals surface area contributed by atoms with E-state index < -0.39 is 0 Å². The molecule has 5 heteroatoms. The molecular weight excluding hydrogens is 214 g/mol. The Morgan fingerprint density at radius 3 is 2.76 bits per heavy atom. The number of nitrogens with zero attached hydrogens (tertiary/aromatic N) is 4. The van der Waals surface area contributed by atoms with Crippen LogP contribution in [-0.2, 0) is 6.54 Å². The lowest BCUT2D eigenvalue weighted by molar-refractivity contribution is 0.252. The highest BCUT2D eigenvalue weighted by Crippen LogP contribution is 2.19. The van der Waals surface area contributed by atoms with Crippen LogP contribution in [0.25, 0.3) is 0 Å². The molecule has 1 aliphatic heterocycles. The third-order valence-corrected chi connectivity index (χ3v) is 3.48. The Balaban J connectivity index is 2.05. The van der Waals surface area contributed by atoms with Crippen LogP contribution in [0, 0.1) is 0 Å². The molecule has 0 amide bonds. The van der Waals surface area contributed by atoms with Gasteiger partial charge in [-0.3, -0.25) is 4.98 Å². The molecule has 0 bridgehead atoms. The zero-order valence-electron chi connectivity index (χ0n) is 10.6. The van der Waals surface area contributed by atoms with Crippen molar-refractivity contribution in [1.82, 2.24) is 14.9 Å². The van der Waals surface area contributed by atoms with Crippen molar-refractivity contribution in [3.63, 3.8) is 0 Å². The van der Waals surface area contributed by atoms with Crippen molar-refractivity contribution < 1.29 is 0 Å². The molecule has 0 unspecified atom stereocenters. The number of piperidine rings is 1. The van der Waals surface area contributed by atoms with E-state index in [0.717, 1.165) is 24.6 Å². The summed E-state index contributed by atoms with van der Waals surface area (Å²) in [5.74, 6) is 0.933. The van der Waals surface area contributed by atoms with Crippen molar-refractivity contribution in [3.8, 4) is 0 Å². The summed E-state index contributed by atoms with van der Waals surface area (Å²) >= 11 is 0. The number of hydrogen-bond acceptors (Lipinski definition) is 5. The first-order valence-corrected chi connectivity index (χ1v) is 6.13. The second kappa shape index (κ2) is 5.42. The number of rotatable bonds is 3. The topological polar surface area (TPSA) is 58.3 Å². The maximum absolute atomic E-state index is 5.59. The van der Waals surface area contributed by atoms with Crippen molar-refractivity contribution >= 4 is 5.82 Å². The molecule has 0 radical (unpaired) electrons. The normalized spacial score (nSPS) is 18.3. The smallest absolute Gasteiger partial charge is 0.147 e. The highest BCUT2D eigenvalue weighted by atomic mass is 15.2. The largest absolute Gasteiger partial charge is 0.355 e. The van der Waals surface area contributed by atoms with Crippen molar-refractivity contribution in [2.75, 3.05) is 32.1 Å². The van der Waals surface area contributed by atoms with E-state index in [2.05, 4.69) is 33.9 Å². The third kappa shape index (κ3) is 2.92. The Labute approximate surface area is 103 Å². The van der Waals surface area contributed by atoms with Gasteiger partial charge in [-0.2, -0.15) is 0 Å². The standard InChI is InChI=1S/C12H21N5/c1-16-5-3-11(4-6-16)17(2)12-9-14-8-10(7-13)15-12/h8-9,11H,3-7,13H2,1-2H3. The summed E-state index contributed by atoms with van der Waals surface area (Å²) in [6.07, 6.45) is 5.91. The van der Waals surface area contributed by atoms with E-state index in [4.69, 9.17) is 5.73 Å². The molecule has 94 valence electrons. The second-order valence-electron chi connectivity index (χ2n) is 4.72. The molecule has 0 aromatic carbocycles. The molecule has 2 N–H and O–H groups in total. The second-order valence-corrected chi connectivity index (χ2v) is 4.72. The fourth-order valence-electron chi connectivity index (χ4n) is 2.23. The molecule has 2 rings (SSSR count). The summed E-state index contributed by atoms with van der Waals surface area (Å²) in [5, 5.41) is 0. The molecule has 17 heavy (non-hydrogen) atoms. The van der Waals surface area contributed by atoms with Gasteiger partial charge in [0.15, 0.2) is 0 Å². The molecule has 0 saturated carbocycles. The first-order chi connectivity index (χ1) is 8.20. The molecule has 1 fully saturated rings. The highest BCUT2D eigenvalue weighted by molar-refractivity contribution is 5.36. The van der Waals surface area contributed by atoms with E-state index in [0.29, 0.717) is 12.6 Å². The number of aromatic nitrogens is 2. The van der Waals surface area contributed by atoms with Crippen LogP contribution >= 0.6 is 0 Å². The van der Waals surface area contributed by atoms with E-state index in [9.17, 15) is 0 Å². The SMILES string of the molecule is CN1CCC(N(C)c2cncc(CN)n2)CC1. The van der Waals surface area contributed by atoms with Gasteiger partial charge in [0.05, 0.1) is 11.9 Å². The van der Waals surface area contributed by atoms with Crippen LogP contribution < -0.4 is 10.6 Å². The Kier molecular flexibility index (Phi) is 3.91. The zero-order valence-corrected chi connectivity index (χ0v) is 10.6. The molecule has 0 spiro atoms. The number of nitrogens with two attached hydrogens (primary N) is 1. The van der Waals surface area contributed by atoms with E-state index in [1.807, 2.05) is 6.20 Å². The van der Waals surface area contributed by atoms with E-state index in [1.54, 1.807) is 6.20 Å². The minimum atomic E-state index is 0.447. The van der Waals surface area contributed by atoms with Crippen LogP contribution in [0.2, 0.25) is 0 Å². The van der Waals surface area contributed by atoms with Gasteiger partial charge in [-0.1, -0.05) is 0 Å². The monoisotopic (exact) mass is 235 g/mol. The highest BCUT2D eigenvalue weighted by Gasteiger charge is 2.21.